The topological polar surface area (TPSA) is 92.8 Å². The molecule has 0 bridgehead atoms. The summed E-state index contributed by atoms with van der Waals surface area (Å²) in [6.45, 7) is 7.17. The van der Waals surface area contributed by atoms with Crippen molar-refractivity contribution >= 4 is 21.9 Å². The summed E-state index contributed by atoms with van der Waals surface area (Å²) >= 11 is 0. The minimum Gasteiger partial charge on any atom is -0.449 e. The number of carbonyl (C=O) groups is 2. The lowest BCUT2D eigenvalue weighted by Gasteiger charge is -2.30. The number of nitrogens with one attached hydrogen (secondary N) is 1. The highest BCUT2D eigenvalue weighted by Gasteiger charge is 2.28. The lowest BCUT2D eigenvalue weighted by molar-refractivity contribution is -0.130. The van der Waals surface area contributed by atoms with Crippen molar-refractivity contribution in [3.05, 3.63) is 29.8 Å². The molecule has 2 rings (SSSR count). The Hall–Kier alpha value is -1.93. The van der Waals surface area contributed by atoms with Gasteiger partial charge in [-0.15, -0.1) is 0 Å². The molecule has 1 fully saturated rings. The van der Waals surface area contributed by atoms with Crippen LogP contribution in [0, 0.1) is 5.92 Å². The number of sulfonamides is 1. The first-order valence-electron chi connectivity index (χ1n) is 10.1. The zero-order chi connectivity index (χ0) is 21.8. The number of amides is 1. The number of esters is 1. The quantitative estimate of drug-likeness (QED) is 0.680. The lowest BCUT2D eigenvalue weighted by Crippen LogP contribution is -2.46. The molecule has 0 aliphatic heterocycles. The van der Waals surface area contributed by atoms with E-state index in [4.69, 9.17) is 4.74 Å². The number of nitrogens with zero attached hydrogens (tertiary/aromatic N) is 1. The maximum absolute atomic E-state index is 12.6. The fourth-order valence-corrected chi connectivity index (χ4v) is 4.75. The predicted octanol–water partition coefficient (Wildman–Crippen LogP) is 2.96. The fraction of sp³-hybridized carbons (Fsp3) is 0.619. The van der Waals surface area contributed by atoms with Crippen LogP contribution in [0.4, 0.5) is 0 Å². The van der Waals surface area contributed by atoms with Crippen molar-refractivity contribution in [3.63, 3.8) is 0 Å². The minimum atomic E-state index is -3.72. The van der Waals surface area contributed by atoms with Crippen molar-refractivity contribution in [2.75, 3.05) is 7.05 Å². The van der Waals surface area contributed by atoms with Gasteiger partial charge in [0.2, 0.25) is 10.0 Å². The van der Waals surface area contributed by atoms with Crippen molar-refractivity contribution in [2.24, 2.45) is 5.92 Å². The van der Waals surface area contributed by atoms with Gasteiger partial charge in [0.25, 0.3) is 5.91 Å². The molecule has 29 heavy (non-hydrogen) atoms. The van der Waals surface area contributed by atoms with E-state index in [0.29, 0.717) is 5.92 Å². The third kappa shape index (κ3) is 5.79. The molecule has 1 aliphatic rings. The van der Waals surface area contributed by atoms with Crippen molar-refractivity contribution in [1.82, 2.24) is 9.62 Å². The van der Waals surface area contributed by atoms with Gasteiger partial charge in [0.15, 0.2) is 6.10 Å². The number of benzene rings is 1. The molecule has 1 N–H and O–H groups in total. The van der Waals surface area contributed by atoms with Crippen LogP contribution < -0.4 is 5.32 Å². The zero-order valence-corrected chi connectivity index (χ0v) is 18.7. The Morgan fingerprint density at radius 1 is 1.17 bits per heavy atom. The van der Waals surface area contributed by atoms with Crippen LogP contribution in [0.3, 0.4) is 0 Å². The number of hydrogen-bond donors (Lipinski definition) is 1. The highest BCUT2D eigenvalue weighted by molar-refractivity contribution is 7.89. The van der Waals surface area contributed by atoms with E-state index in [2.05, 4.69) is 12.2 Å². The Bertz CT molecular complexity index is 837. The van der Waals surface area contributed by atoms with Gasteiger partial charge < -0.3 is 10.1 Å². The van der Waals surface area contributed by atoms with Crippen LogP contribution in [-0.2, 0) is 19.6 Å². The van der Waals surface area contributed by atoms with Gasteiger partial charge in [0, 0.05) is 19.1 Å². The molecule has 0 heterocycles. The van der Waals surface area contributed by atoms with E-state index in [-0.39, 0.29) is 28.4 Å². The Morgan fingerprint density at radius 2 is 1.83 bits per heavy atom. The lowest BCUT2D eigenvalue weighted by atomic mass is 9.86. The van der Waals surface area contributed by atoms with Gasteiger partial charge in [-0.3, -0.25) is 4.79 Å². The van der Waals surface area contributed by atoms with Gasteiger partial charge >= 0.3 is 5.97 Å². The number of carbonyl (C=O) groups excluding carboxylic acids is 2. The van der Waals surface area contributed by atoms with Gasteiger partial charge in [-0.2, -0.15) is 4.31 Å². The number of rotatable bonds is 7. The van der Waals surface area contributed by atoms with Gasteiger partial charge in [-0.05, 0) is 57.7 Å². The van der Waals surface area contributed by atoms with E-state index in [1.54, 1.807) is 13.8 Å². The van der Waals surface area contributed by atoms with Crippen LogP contribution in [0.2, 0.25) is 0 Å². The summed E-state index contributed by atoms with van der Waals surface area (Å²) in [6, 6.07) is 5.56. The second-order valence-corrected chi connectivity index (χ2v) is 10.1. The summed E-state index contributed by atoms with van der Waals surface area (Å²) in [6.07, 6.45) is 3.29. The molecule has 3 atom stereocenters. The molecule has 0 spiro atoms. The third-order valence-corrected chi connectivity index (χ3v) is 7.60. The highest BCUT2D eigenvalue weighted by atomic mass is 32.2. The second-order valence-electron chi connectivity index (χ2n) is 8.07. The molecule has 1 aliphatic carbocycles. The van der Waals surface area contributed by atoms with E-state index in [0.717, 1.165) is 19.3 Å². The van der Waals surface area contributed by atoms with Gasteiger partial charge in [-0.25, -0.2) is 13.2 Å². The maximum atomic E-state index is 12.6. The molecular formula is C21H32N2O5S. The van der Waals surface area contributed by atoms with Crippen LogP contribution in [0.15, 0.2) is 29.2 Å². The van der Waals surface area contributed by atoms with Crippen LogP contribution in [0.25, 0.3) is 0 Å². The van der Waals surface area contributed by atoms with E-state index in [9.17, 15) is 18.0 Å². The van der Waals surface area contributed by atoms with Crippen molar-refractivity contribution in [3.8, 4) is 0 Å². The summed E-state index contributed by atoms with van der Waals surface area (Å²) in [7, 11) is -2.23. The van der Waals surface area contributed by atoms with Crippen LogP contribution in [0.1, 0.15) is 63.7 Å². The third-order valence-electron chi connectivity index (χ3n) is 5.57. The van der Waals surface area contributed by atoms with Gasteiger partial charge in [0.1, 0.15) is 0 Å². The zero-order valence-electron chi connectivity index (χ0n) is 17.8. The minimum absolute atomic E-state index is 0.0104. The van der Waals surface area contributed by atoms with E-state index in [1.165, 1.54) is 49.0 Å². The fourth-order valence-electron chi connectivity index (χ4n) is 3.34. The number of hydrogen-bond acceptors (Lipinski definition) is 5. The molecular weight excluding hydrogens is 392 g/mol. The normalized spacial score (nSPS) is 21.1. The molecule has 1 amide bonds. The first-order valence-corrected chi connectivity index (χ1v) is 11.6. The first-order chi connectivity index (χ1) is 13.5. The molecule has 1 aromatic carbocycles. The van der Waals surface area contributed by atoms with Crippen molar-refractivity contribution < 1.29 is 22.7 Å². The van der Waals surface area contributed by atoms with Crippen LogP contribution >= 0.6 is 0 Å². The Morgan fingerprint density at radius 3 is 2.45 bits per heavy atom. The second kappa shape index (κ2) is 9.71. The molecule has 1 aromatic rings. The standard InChI is InChI=1S/C21H32N2O5S/c1-14(2)23(5)29(26,27)18-11-8-10-17(13-18)21(25)28-16(4)20(24)22-19-12-7-6-9-15(19)3/h8,10-11,13-16,19H,6-7,9,12H2,1-5H3,(H,22,24). The monoisotopic (exact) mass is 424 g/mol. The first kappa shape index (κ1) is 23.3. The summed E-state index contributed by atoms with van der Waals surface area (Å²) in [4.78, 5) is 24.9. The van der Waals surface area contributed by atoms with E-state index in [1.807, 2.05) is 0 Å². The average molecular weight is 425 g/mol. The Kier molecular flexibility index (Phi) is 7.82. The van der Waals surface area contributed by atoms with Gasteiger partial charge in [0.05, 0.1) is 10.5 Å². The molecule has 7 nitrogen and oxygen atoms in total. The molecule has 162 valence electrons. The average Bonchev–Trinajstić information content (AvgIpc) is 2.68. The van der Waals surface area contributed by atoms with Crippen LogP contribution in [-0.4, -0.2) is 49.8 Å². The van der Waals surface area contributed by atoms with E-state index >= 15 is 0 Å². The largest absolute Gasteiger partial charge is 0.449 e. The summed E-state index contributed by atoms with van der Waals surface area (Å²) in [5.74, 6) is -0.663. The van der Waals surface area contributed by atoms with Crippen molar-refractivity contribution in [1.29, 1.82) is 0 Å². The maximum Gasteiger partial charge on any atom is 0.338 e. The SMILES string of the molecule is CC(OC(=O)c1cccc(S(=O)(=O)N(C)C(C)C)c1)C(=O)NC1CCCCC1C. The highest BCUT2D eigenvalue weighted by Crippen LogP contribution is 2.24. The van der Waals surface area contributed by atoms with Crippen LogP contribution in [0.5, 0.6) is 0 Å². The van der Waals surface area contributed by atoms with E-state index < -0.39 is 22.1 Å². The Balaban J connectivity index is 2.06. The van der Waals surface area contributed by atoms with Crippen molar-refractivity contribution in [2.45, 2.75) is 76.5 Å². The smallest absolute Gasteiger partial charge is 0.338 e. The summed E-state index contributed by atoms with van der Waals surface area (Å²) < 4.78 is 31.8. The molecule has 3 unspecified atom stereocenters. The molecule has 0 saturated heterocycles. The predicted molar refractivity (Wildman–Crippen MR) is 111 cm³/mol. The summed E-state index contributed by atoms with van der Waals surface area (Å²) in [5.41, 5.74) is 0.0916. The number of ether oxygens (including phenoxy) is 1. The Labute approximate surface area is 173 Å². The summed E-state index contributed by atoms with van der Waals surface area (Å²) in [5, 5.41) is 2.97. The molecule has 8 heteroatoms. The molecule has 0 radical (unpaired) electrons. The van der Waals surface area contributed by atoms with Gasteiger partial charge in [-0.1, -0.05) is 25.8 Å². The molecule has 0 aromatic heterocycles. The molecule has 1 saturated carbocycles.